The normalized spacial score (nSPS) is 12.2. The third-order valence-corrected chi connectivity index (χ3v) is 16.3. The second-order valence-electron chi connectivity index (χ2n) is 12.2. The standard InChI is InChI=1S/C44H36N2O2P2S.2ClH.Fe/c1-33(45-35-23-27-41(28-24-35)49(47,37-15-7-3-8-16-37)38-17-9-4-10-18-38)43-31-32-44(51-43)34(2)46-36-25-29-42(30-26-36)50(48,39-19-11-5-12-20-39)40-21-13-6-14-22-40;;;/h3-32H,1-2H3;2*1H;/q;;;+2/p-2. The van der Waals surface area contributed by atoms with Crippen molar-refractivity contribution in [2.75, 3.05) is 0 Å². The van der Waals surface area contributed by atoms with Crippen LogP contribution >= 0.6 is 45.8 Å². The van der Waals surface area contributed by atoms with Crippen LogP contribution in [-0.2, 0) is 22.3 Å². The Morgan fingerprint density at radius 1 is 0.426 bits per heavy atom. The fraction of sp³-hybridized carbons (Fsp3) is 0.0455. The zero-order valence-electron chi connectivity index (χ0n) is 29.4. The molecule has 0 aliphatic carbocycles. The Labute approximate surface area is 336 Å². The van der Waals surface area contributed by atoms with Crippen molar-refractivity contribution >= 4 is 100 Å². The van der Waals surface area contributed by atoms with Crippen molar-refractivity contribution < 1.29 is 22.3 Å². The molecular weight excluding hydrogens is 809 g/mol. The van der Waals surface area contributed by atoms with E-state index in [-0.39, 0.29) is 13.1 Å². The van der Waals surface area contributed by atoms with Gasteiger partial charge < -0.3 is 9.13 Å². The number of hydrogen-bond acceptors (Lipinski definition) is 5. The molecule has 0 N–H and O–H groups in total. The van der Waals surface area contributed by atoms with Gasteiger partial charge in [0.15, 0.2) is 14.3 Å². The van der Waals surface area contributed by atoms with Gasteiger partial charge in [-0.2, -0.15) is 0 Å². The Morgan fingerprint density at radius 2 is 0.667 bits per heavy atom. The summed E-state index contributed by atoms with van der Waals surface area (Å²) < 4.78 is 29.4. The minimum atomic E-state index is -3.04. The van der Waals surface area contributed by atoms with E-state index < -0.39 is 14.3 Å². The molecule has 54 heavy (non-hydrogen) atoms. The first-order valence-corrected chi connectivity index (χ1v) is 24.2. The van der Waals surface area contributed by atoms with Crippen molar-refractivity contribution in [2.24, 2.45) is 9.98 Å². The number of nitrogens with zero attached hydrogens (tertiary/aromatic N) is 2. The Balaban J connectivity index is 0.00000160. The van der Waals surface area contributed by atoms with E-state index in [1.807, 2.05) is 184 Å². The molecule has 0 aliphatic heterocycles. The van der Waals surface area contributed by atoms with Gasteiger partial charge in [0, 0.05) is 41.6 Å². The topological polar surface area (TPSA) is 58.9 Å². The van der Waals surface area contributed by atoms with Crippen LogP contribution in [0.4, 0.5) is 11.4 Å². The van der Waals surface area contributed by atoms with E-state index >= 15 is 0 Å². The maximum atomic E-state index is 14.7. The molecule has 272 valence electrons. The van der Waals surface area contributed by atoms with Gasteiger partial charge in [0.2, 0.25) is 0 Å². The number of benzene rings is 6. The molecule has 1 heterocycles. The third-order valence-electron chi connectivity index (χ3n) is 8.82. The summed E-state index contributed by atoms with van der Waals surface area (Å²) in [4.78, 5) is 11.9. The first-order valence-electron chi connectivity index (χ1n) is 17.0. The summed E-state index contributed by atoms with van der Waals surface area (Å²) in [6.45, 7) is 4.01. The van der Waals surface area contributed by atoms with Crippen molar-refractivity contribution in [3.63, 3.8) is 0 Å². The molecule has 0 spiro atoms. The van der Waals surface area contributed by atoms with Crippen molar-refractivity contribution in [3.05, 3.63) is 192 Å². The van der Waals surface area contributed by atoms with Crippen LogP contribution in [0.3, 0.4) is 0 Å². The van der Waals surface area contributed by atoms with Crippen LogP contribution in [0.25, 0.3) is 0 Å². The van der Waals surface area contributed by atoms with E-state index in [0.29, 0.717) is 0 Å². The molecule has 0 saturated carbocycles. The van der Waals surface area contributed by atoms with Crippen LogP contribution in [0.1, 0.15) is 23.6 Å². The number of rotatable bonds is 10. The van der Waals surface area contributed by atoms with Gasteiger partial charge in [-0.25, -0.2) is 0 Å². The molecule has 0 aliphatic rings. The molecule has 0 fully saturated rings. The van der Waals surface area contributed by atoms with Crippen molar-refractivity contribution in [1.82, 2.24) is 0 Å². The van der Waals surface area contributed by atoms with E-state index in [0.717, 1.165) is 64.4 Å². The molecule has 0 radical (unpaired) electrons. The first kappa shape index (κ1) is 39.6. The van der Waals surface area contributed by atoms with Crippen LogP contribution in [0.5, 0.6) is 0 Å². The summed E-state index contributed by atoms with van der Waals surface area (Å²) in [5.74, 6) is 0. The molecule has 0 saturated heterocycles. The quantitative estimate of drug-likeness (QED) is 0.0782. The number of hydrogen-bond donors (Lipinski definition) is 0. The van der Waals surface area contributed by atoms with E-state index in [9.17, 15) is 9.13 Å². The summed E-state index contributed by atoms with van der Waals surface area (Å²) in [7, 11) is 3.45. The summed E-state index contributed by atoms with van der Waals surface area (Å²) in [5, 5.41) is 4.78. The average Bonchev–Trinajstić information content (AvgIpc) is 3.74. The van der Waals surface area contributed by atoms with E-state index in [4.69, 9.17) is 30.2 Å². The van der Waals surface area contributed by atoms with Gasteiger partial charge in [0.05, 0.1) is 22.8 Å². The second kappa shape index (κ2) is 18.5. The molecule has 7 rings (SSSR count). The van der Waals surface area contributed by atoms with Gasteiger partial charge in [0.1, 0.15) is 0 Å². The molecule has 0 bridgehead atoms. The Hall–Kier alpha value is -4.08. The third kappa shape index (κ3) is 8.89. The van der Waals surface area contributed by atoms with Gasteiger partial charge in [-0.3, -0.25) is 9.98 Å². The van der Waals surface area contributed by atoms with Gasteiger partial charge in [-0.15, -0.1) is 11.3 Å². The molecule has 0 amide bonds. The predicted molar refractivity (Wildman–Crippen MR) is 231 cm³/mol. The first-order chi connectivity index (χ1) is 26.3. The second-order valence-corrected chi connectivity index (χ2v) is 20.6. The van der Waals surface area contributed by atoms with Gasteiger partial charge in [-0.1, -0.05) is 121 Å². The summed E-state index contributed by atoms with van der Waals surface area (Å²) in [5.41, 5.74) is 3.38. The van der Waals surface area contributed by atoms with E-state index in [1.165, 1.54) is 0 Å². The molecule has 0 atom stereocenters. The van der Waals surface area contributed by atoms with Crippen molar-refractivity contribution in [1.29, 1.82) is 0 Å². The molecule has 10 heteroatoms. The Kier molecular flexibility index (Phi) is 13.6. The number of halogens is 2. The fourth-order valence-corrected chi connectivity index (χ4v) is 12.3. The summed E-state index contributed by atoms with van der Waals surface area (Å²) in [6, 6.07) is 58.4. The van der Waals surface area contributed by atoms with Crippen molar-refractivity contribution in [3.8, 4) is 0 Å². The molecule has 4 nitrogen and oxygen atoms in total. The SMILES string of the molecule is CC(=Nc1ccc(P(=O)(c2ccccc2)c2ccccc2)cc1)c1ccc(C(C)=Nc2ccc(P(=O)(c3ccccc3)c3ccccc3)cc2)s1.[Cl][Fe][Cl]. The van der Waals surface area contributed by atoms with E-state index in [2.05, 4.69) is 12.1 Å². The predicted octanol–water partition coefficient (Wildman–Crippen LogP) is 10.7. The number of aliphatic imine (C=N–C) groups is 2. The maximum absolute atomic E-state index is 14.7. The molecule has 7 aromatic rings. The molecule has 0 unspecified atom stereocenters. The Bertz CT molecular complexity index is 2190. The fourth-order valence-electron chi connectivity index (χ4n) is 6.14. The van der Waals surface area contributed by atoms with Crippen LogP contribution in [0.2, 0.25) is 0 Å². The van der Waals surface area contributed by atoms with Crippen molar-refractivity contribution in [2.45, 2.75) is 13.8 Å². The van der Waals surface area contributed by atoms with Gasteiger partial charge in [-0.05, 0) is 74.5 Å². The van der Waals surface area contributed by atoms with E-state index in [1.54, 1.807) is 11.3 Å². The summed E-state index contributed by atoms with van der Waals surface area (Å²) >= 11 is 1.84. The monoisotopic (exact) mass is 844 g/mol. The zero-order chi connectivity index (χ0) is 38.0. The van der Waals surface area contributed by atoms with Crippen LogP contribution in [0, 0.1) is 0 Å². The molecule has 6 aromatic carbocycles. The average molecular weight is 846 g/mol. The Morgan fingerprint density at radius 3 is 0.926 bits per heavy atom. The summed E-state index contributed by atoms with van der Waals surface area (Å²) in [6.07, 6.45) is 0. The number of thiophene rings is 1. The van der Waals surface area contributed by atoms with Crippen LogP contribution in [0.15, 0.2) is 192 Å². The van der Waals surface area contributed by atoms with Gasteiger partial charge >= 0.3 is 33.3 Å². The zero-order valence-corrected chi connectivity index (χ0v) is 34.7. The van der Waals surface area contributed by atoms with Gasteiger partial charge in [0.25, 0.3) is 0 Å². The van der Waals surface area contributed by atoms with Crippen LogP contribution < -0.4 is 31.8 Å². The molecular formula is C44H36Cl2FeN2O2P2S. The van der Waals surface area contributed by atoms with Crippen LogP contribution in [-0.4, -0.2) is 11.4 Å². The minimum absolute atomic E-state index is 0.194. The molecule has 1 aromatic heterocycles.